The summed E-state index contributed by atoms with van der Waals surface area (Å²) < 4.78 is 28.4. The molecule has 0 heterocycles. The molecule has 7 heteroatoms. The lowest BCUT2D eigenvalue weighted by molar-refractivity contribution is 0.0696. The Kier molecular flexibility index (Phi) is 3.77. The number of hydrogen-bond donors (Lipinski definition) is 2. The summed E-state index contributed by atoms with van der Waals surface area (Å²) >= 11 is 0. The van der Waals surface area contributed by atoms with Crippen LogP contribution in [0, 0.1) is 5.92 Å². The average Bonchev–Trinajstić information content (AvgIpc) is 2.25. The maximum Gasteiger partial charge on any atom is 0.335 e. The van der Waals surface area contributed by atoms with Gasteiger partial charge in [-0.2, -0.15) is 0 Å². The Labute approximate surface area is 111 Å². The van der Waals surface area contributed by atoms with Crippen LogP contribution in [-0.4, -0.2) is 26.1 Å². The maximum absolute atomic E-state index is 11.5. The average molecular weight is 285 g/mol. The summed E-state index contributed by atoms with van der Waals surface area (Å²) in [5.41, 5.74) is -0.139. The molecule has 0 aliphatic heterocycles. The predicted molar refractivity (Wildman–Crippen MR) is 67.6 cm³/mol. The molecule has 1 aliphatic rings. The highest BCUT2D eigenvalue weighted by Gasteiger charge is 2.21. The topological polar surface area (TPSA) is 107 Å². The molecule has 19 heavy (non-hydrogen) atoms. The molecule has 1 fully saturated rings. The fourth-order valence-corrected chi connectivity index (χ4v) is 2.55. The summed E-state index contributed by atoms with van der Waals surface area (Å²) in [7, 11) is -4.01. The van der Waals surface area contributed by atoms with Gasteiger partial charge in [-0.1, -0.05) is 6.42 Å². The van der Waals surface area contributed by atoms with Gasteiger partial charge in [-0.15, -0.1) is 0 Å². The Hall–Kier alpha value is -1.60. The highest BCUT2D eigenvalue weighted by Crippen LogP contribution is 2.29. The fraction of sp³-hybridized carbons (Fsp3) is 0.417. The lowest BCUT2D eigenvalue weighted by Gasteiger charge is -2.25. The first-order valence-corrected chi connectivity index (χ1v) is 7.45. The Morgan fingerprint density at radius 2 is 2.11 bits per heavy atom. The standard InChI is InChI=1S/C12H15NO5S/c13-19(16,17)11-6-9(12(14)15)4-5-10(11)18-7-8-2-1-3-8/h4-6,8H,1-3,7H2,(H,14,15)(H2,13,16,17). The van der Waals surface area contributed by atoms with Crippen molar-refractivity contribution in [3.05, 3.63) is 23.8 Å². The van der Waals surface area contributed by atoms with E-state index in [9.17, 15) is 13.2 Å². The molecule has 0 amide bonds. The zero-order valence-corrected chi connectivity index (χ0v) is 11.0. The first-order valence-electron chi connectivity index (χ1n) is 5.91. The van der Waals surface area contributed by atoms with Gasteiger partial charge in [0.15, 0.2) is 0 Å². The molecule has 0 aromatic heterocycles. The second-order valence-corrected chi connectivity index (χ2v) is 6.15. The molecule has 1 saturated carbocycles. The first-order chi connectivity index (χ1) is 8.88. The van der Waals surface area contributed by atoms with E-state index in [1.165, 1.54) is 12.1 Å². The molecular formula is C12H15NO5S. The maximum atomic E-state index is 11.5. The van der Waals surface area contributed by atoms with Gasteiger partial charge in [0.1, 0.15) is 10.6 Å². The number of sulfonamides is 1. The minimum atomic E-state index is -4.01. The van der Waals surface area contributed by atoms with Crippen molar-refractivity contribution in [3.63, 3.8) is 0 Å². The summed E-state index contributed by atoms with van der Waals surface area (Å²) in [6.45, 7) is 0.426. The van der Waals surface area contributed by atoms with E-state index >= 15 is 0 Å². The van der Waals surface area contributed by atoms with Gasteiger partial charge in [-0.3, -0.25) is 0 Å². The molecule has 104 valence electrons. The molecule has 1 aliphatic carbocycles. The summed E-state index contributed by atoms with van der Waals surface area (Å²) in [5, 5.41) is 13.9. The smallest absolute Gasteiger partial charge is 0.335 e. The Morgan fingerprint density at radius 1 is 1.42 bits per heavy atom. The third-order valence-corrected chi connectivity index (χ3v) is 4.13. The van der Waals surface area contributed by atoms with Gasteiger partial charge in [0, 0.05) is 0 Å². The lowest BCUT2D eigenvalue weighted by atomic mass is 9.86. The van der Waals surface area contributed by atoms with E-state index in [1.54, 1.807) is 0 Å². The largest absolute Gasteiger partial charge is 0.492 e. The molecule has 1 aromatic carbocycles. The second kappa shape index (κ2) is 5.18. The Bertz CT molecular complexity index is 592. The molecule has 0 radical (unpaired) electrons. The zero-order chi connectivity index (χ0) is 14.0. The van der Waals surface area contributed by atoms with Crippen LogP contribution >= 0.6 is 0 Å². The van der Waals surface area contributed by atoms with E-state index in [1.807, 2.05) is 0 Å². The van der Waals surface area contributed by atoms with E-state index in [0.29, 0.717) is 12.5 Å². The number of ether oxygens (including phenoxy) is 1. The van der Waals surface area contributed by atoms with Gasteiger partial charge in [0.2, 0.25) is 10.0 Å². The fourth-order valence-electron chi connectivity index (χ4n) is 1.85. The van der Waals surface area contributed by atoms with Gasteiger partial charge in [0.25, 0.3) is 0 Å². The van der Waals surface area contributed by atoms with Gasteiger partial charge < -0.3 is 9.84 Å². The monoisotopic (exact) mass is 285 g/mol. The van der Waals surface area contributed by atoms with E-state index in [-0.39, 0.29) is 16.2 Å². The van der Waals surface area contributed by atoms with Crippen LogP contribution in [-0.2, 0) is 10.0 Å². The van der Waals surface area contributed by atoms with E-state index in [4.69, 9.17) is 15.0 Å². The number of aromatic carboxylic acids is 1. The lowest BCUT2D eigenvalue weighted by Crippen LogP contribution is -2.21. The van der Waals surface area contributed by atoms with Crippen molar-refractivity contribution in [2.24, 2.45) is 11.1 Å². The summed E-state index contributed by atoms with van der Waals surface area (Å²) in [6.07, 6.45) is 3.30. The SMILES string of the molecule is NS(=O)(=O)c1cc(C(=O)O)ccc1OCC1CCC1. The van der Waals surface area contributed by atoms with Gasteiger partial charge in [-0.25, -0.2) is 18.4 Å². The van der Waals surface area contributed by atoms with Crippen LogP contribution in [0.1, 0.15) is 29.6 Å². The van der Waals surface area contributed by atoms with E-state index in [0.717, 1.165) is 25.3 Å². The van der Waals surface area contributed by atoms with Gasteiger partial charge >= 0.3 is 5.97 Å². The van der Waals surface area contributed by atoms with Gasteiger partial charge in [-0.05, 0) is 37.0 Å². The number of primary sulfonamides is 1. The number of rotatable bonds is 5. The molecule has 0 unspecified atom stereocenters. The van der Waals surface area contributed by atoms with Crippen molar-refractivity contribution in [1.82, 2.24) is 0 Å². The van der Waals surface area contributed by atoms with Crippen LogP contribution in [0.4, 0.5) is 0 Å². The minimum Gasteiger partial charge on any atom is -0.492 e. The number of carboxylic acid groups (broad SMARTS) is 1. The number of carbonyl (C=O) groups is 1. The van der Waals surface area contributed by atoms with Crippen molar-refractivity contribution in [2.45, 2.75) is 24.2 Å². The third kappa shape index (κ3) is 3.24. The molecule has 0 spiro atoms. The number of benzene rings is 1. The second-order valence-electron chi connectivity index (χ2n) is 4.62. The van der Waals surface area contributed by atoms with Crippen LogP contribution in [0.2, 0.25) is 0 Å². The molecular weight excluding hydrogens is 270 g/mol. The molecule has 2 rings (SSSR count). The normalized spacial score (nSPS) is 15.8. The van der Waals surface area contributed by atoms with Crippen molar-refractivity contribution < 1.29 is 23.1 Å². The molecule has 3 N–H and O–H groups in total. The van der Waals surface area contributed by atoms with Gasteiger partial charge in [0.05, 0.1) is 12.2 Å². The highest BCUT2D eigenvalue weighted by molar-refractivity contribution is 7.89. The summed E-state index contributed by atoms with van der Waals surface area (Å²) in [6, 6.07) is 3.66. The molecule has 0 atom stereocenters. The molecule has 0 bridgehead atoms. The zero-order valence-electron chi connectivity index (χ0n) is 10.2. The Balaban J connectivity index is 2.27. The van der Waals surface area contributed by atoms with Crippen molar-refractivity contribution in [2.75, 3.05) is 6.61 Å². The molecule has 1 aromatic rings. The van der Waals surface area contributed by atoms with Crippen LogP contribution in [0.3, 0.4) is 0 Å². The van der Waals surface area contributed by atoms with E-state index < -0.39 is 16.0 Å². The third-order valence-electron chi connectivity index (χ3n) is 3.20. The Morgan fingerprint density at radius 3 is 2.58 bits per heavy atom. The summed E-state index contributed by atoms with van der Waals surface area (Å²) in [5.74, 6) is -0.665. The van der Waals surface area contributed by atoms with Crippen molar-refractivity contribution in [3.8, 4) is 5.75 Å². The summed E-state index contributed by atoms with van der Waals surface area (Å²) in [4.78, 5) is 10.6. The first kappa shape index (κ1) is 13.8. The van der Waals surface area contributed by atoms with Crippen molar-refractivity contribution >= 4 is 16.0 Å². The van der Waals surface area contributed by atoms with Crippen LogP contribution < -0.4 is 9.88 Å². The highest BCUT2D eigenvalue weighted by atomic mass is 32.2. The van der Waals surface area contributed by atoms with Crippen molar-refractivity contribution in [1.29, 1.82) is 0 Å². The molecule has 0 saturated heterocycles. The van der Waals surface area contributed by atoms with Crippen LogP contribution in [0.5, 0.6) is 5.75 Å². The minimum absolute atomic E-state index is 0.111. The predicted octanol–water partition coefficient (Wildman–Crippen LogP) is 1.21. The quantitative estimate of drug-likeness (QED) is 0.845. The van der Waals surface area contributed by atoms with Crippen LogP contribution in [0.15, 0.2) is 23.1 Å². The number of nitrogens with two attached hydrogens (primary N) is 1. The van der Waals surface area contributed by atoms with Crippen LogP contribution in [0.25, 0.3) is 0 Å². The number of carboxylic acids is 1. The molecule has 6 nitrogen and oxygen atoms in total. The number of hydrogen-bond acceptors (Lipinski definition) is 4. The van der Waals surface area contributed by atoms with E-state index in [2.05, 4.69) is 0 Å².